The smallest absolute Gasteiger partial charge is 0.248 e. The third-order valence-electron chi connectivity index (χ3n) is 2.57. The summed E-state index contributed by atoms with van der Waals surface area (Å²) in [5.41, 5.74) is 0.224. The third-order valence-corrected chi connectivity index (χ3v) is 4.13. The van der Waals surface area contributed by atoms with Gasteiger partial charge in [-0.2, -0.15) is 5.26 Å². The van der Waals surface area contributed by atoms with Crippen molar-refractivity contribution in [1.29, 1.82) is 5.26 Å². The number of benzene rings is 1. The van der Waals surface area contributed by atoms with Gasteiger partial charge in [-0.15, -0.1) is 0 Å². The second-order valence-electron chi connectivity index (χ2n) is 3.83. The summed E-state index contributed by atoms with van der Waals surface area (Å²) in [4.78, 5) is 0. The van der Waals surface area contributed by atoms with Gasteiger partial charge in [0, 0.05) is 12.1 Å². The topological polar surface area (TPSA) is 97.7 Å². The van der Waals surface area contributed by atoms with Gasteiger partial charge in [0.15, 0.2) is 16.7 Å². The monoisotopic (exact) mass is 300 g/mol. The molecule has 0 heterocycles. The standard InChI is InChI=1S/C12H16N2O5S/c1-8(7-13)20(15,16)14-9-5-10(17-2)12(19-4)11(6-9)18-3/h5-6,8,14H,1-4H3. The van der Waals surface area contributed by atoms with Crippen molar-refractivity contribution in [2.45, 2.75) is 12.2 Å². The van der Waals surface area contributed by atoms with Crippen molar-refractivity contribution < 1.29 is 22.6 Å². The Labute approximate surface area is 118 Å². The van der Waals surface area contributed by atoms with E-state index in [1.807, 2.05) is 0 Å². The molecule has 1 atom stereocenters. The molecule has 0 bridgehead atoms. The van der Waals surface area contributed by atoms with E-state index in [2.05, 4.69) is 4.72 Å². The van der Waals surface area contributed by atoms with Gasteiger partial charge < -0.3 is 14.2 Å². The van der Waals surface area contributed by atoms with Crippen LogP contribution in [0, 0.1) is 11.3 Å². The highest BCUT2D eigenvalue weighted by atomic mass is 32.2. The van der Waals surface area contributed by atoms with E-state index in [4.69, 9.17) is 19.5 Å². The average Bonchev–Trinajstić information content (AvgIpc) is 2.44. The second-order valence-corrected chi connectivity index (χ2v) is 5.83. The van der Waals surface area contributed by atoms with Crippen molar-refractivity contribution >= 4 is 15.7 Å². The van der Waals surface area contributed by atoms with Crippen molar-refractivity contribution in [2.24, 2.45) is 0 Å². The lowest BCUT2D eigenvalue weighted by atomic mass is 10.2. The summed E-state index contributed by atoms with van der Waals surface area (Å²) in [5, 5.41) is 7.51. The van der Waals surface area contributed by atoms with E-state index in [0.29, 0.717) is 17.2 Å². The molecule has 8 heteroatoms. The largest absolute Gasteiger partial charge is 0.493 e. The maximum absolute atomic E-state index is 11.8. The Morgan fingerprint density at radius 1 is 1.15 bits per heavy atom. The number of nitrogens with one attached hydrogen (secondary N) is 1. The summed E-state index contributed by atoms with van der Waals surface area (Å²) in [5.74, 6) is 0.981. The van der Waals surface area contributed by atoms with E-state index >= 15 is 0 Å². The van der Waals surface area contributed by atoms with Gasteiger partial charge in [0.1, 0.15) is 0 Å². The normalized spacial score (nSPS) is 12.2. The molecule has 1 aromatic rings. The molecule has 0 aromatic heterocycles. The molecule has 0 amide bonds. The molecule has 7 nitrogen and oxygen atoms in total. The molecule has 0 saturated heterocycles. The number of hydrogen-bond acceptors (Lipinski definition) is 6. The van der Waals surface area contributed by atoms with Crippen LogP contribution in [0.5, 0.6) is 17.2 Å². The highest BCUT2D eigenvalue weighted by molar-refractivity contribution is 7.93. The van der Waals surface area contributed by atoms with Crippen molar-refractivity contribution in [2.75, 3.05) is 26.1 Å². The number of methoxy groups -OCH3 is 3. The molecule has 1 unspecified atom stereocenters. The van der Waals surface area contributed by atoms with Gasteiger partial charge in [-0.05, 0) is 6.92 Å². The fourth-order valence-electron chi connectivity index (χ4n) is 1.46. The Morgan fingerprint density at radius 3 is 2.00 bits per heavy atom. The van der Waals surface area contributed by atoms with Crippen molar-refractivity contribution in [3.05, 3.63) is 12.1 Å². The van der Waals surface area contributed by atoms with Crippen molar-refractivity contribution in [1.82, 2.24) is 0 Å². The molecule has 1 N–H and O–H groups in total. The molecule has 0 radical (unpaired) electrons. The summed E-state index contributed by atoms with van der Waals surface area (Å²) >= 11 is 0. The maximum atomic E-state index is 11.8. The molecule has 0 aliphatic rings. The van der Waals surface area contributed by atoms with E-state index < -0.39 is 15.3 Å². The minimum atomic E-state index is -3.80. The first-order chi connectivity index (χ1) is 9.39. The number of rotatable bonds is 6. The molecular weight excluding hydrogens is 284 g/mol. The Bertz CT molecular complexity index is 596. The van der Waals surface area contributed by atoms with Crippen LogP contribution in [-0.2, 0) is 10.0 Å². The van der Waals surface area contributed by atoms with Gasteiger partial charge in [0.2, 0.25) is 15.8 Å². The Morgan fingerprint density at radius 2 is 1.65 bits per heavy atom. The van der Waals surface area contributed by atoms with Crippen LogP contribution in [0.2, 0.25) is 0 Å². The van der Waals surface area contributed by atoms with E-state index in [0.717, 1.165) is 0 Å². The predicted octanol–water partition coefficient (Wildman–Crippen LogP) is 1.37. The highest BCUT2D eigenvalue weighted by Crippen LogP contribution is 2.40. The summed E-state index contributed by atoms with van der Waals surface area (Å²) in [6.07, 6.45) is 0. The molecule has 0 spiro atoms. The van der Waals surface area contributed by atoms with Gasteiger partial charge in [0.25, 0.3) is 0 Å². The van der Waals surface area contributed by atoms with Gasteiger partial charge in [0.05, 0.1) is 33.1 Å². The number of nitriles is 1. The van der Waals surface area contributed by atoms with Crippen LogP contribution in [0.4, 0.5) is 5.69 Å². The SMILES string of the molecule is COc1cc(NS(=O)(=O)C(C)C#N)cc(OC)c1OC. The highest BCUT2D eigenvalue weighted by Gasteiger charge is 2.22. The molecule has 1 rings (SSSR count). The number of nitrogens with zero attached hydrogens (tertiary/aromatic N) is 1. The summed E-state index contributed by atoms with van der Waals surface area (Å²) < 4.78 is 41.3. The van der Waals surface area contributed by atoms with Crippen LogP contribution < -0.4 is 18.9 Å². The second kappa shape index (κ2) is 6.34. The van der Waals surface area contributed by atoms with Crippen molar-refractivity contribution in [3.63, 3.8) is 0 Å². The van der Waals surface area contributed by atoms with E-state index in [9.17, 15) is 8.42 Å². The summed E-state index contributed by atoms with van der Waals surface area (Å²) in [7, 11) is 0.499. The Hall–Kier alpha value is -2.14. The zero-order valence-electron chi connectivity index (χ0n) is 11.6. The van der Waals surface area contributed by atoms with Crippen LogP contribution in [0.15, 0.2) is 12.1 Å². The molecule has 0 aliphatic heterocycles. The quantitative estimate of drug-likeness (QED) is 0.852. The van der Waals surface area contributed by atoms with E-state index in [-0.39, 0.29) is 5.69 Å². The lowest BCUT2D eigenvalue weighted by Gasteiger charge is -2.15. The lowest BCUT2D eigenvalue weighted by Crippen LogP contribution is -2.23. The molecule has 0 fully saturated rings. The van der Waals surface area contributed by atoms with Crippen LogP contribution in [0.3, 0.4) is 0 Å². The minimum Gasteiger partial charge on any atom is -0.493 e. The van der Waals surface area contributed by atoms with E-state index in [1.54, 1.807) is 6.07 Å². The van der Waals surface area contributed by atoms with E-state index in [1.165, 1.54) is 40.4 Å². The molecule has 20 heavy (non-hydrogen) atoms. The van der Waals surface area contributed by atoms with Gasteiger partial charge in [-0.3, -0.25) is 4.72 Å². The van der Waals surface area contributed by atoms with Crippen LogP contribution in [-0.4, -0.2) is 35.0 Å². The first-order valence-corrected chi connectivity index (χ1v) is 7.15. The third kappa shape index (κ3) is 3.24. The van der Waals surface area contributed by atoms with Gasteiger partial charge in [-0.25, -0.2) is 8.42 Å². The first-order valence-electron chi connectivity index (χ1n) is 5.60. The predicted molar refractivity (Wildman–Crippen MR) is 73.7 cm³/mol. The average molecular weight is 300 g/mol. The molecule has 0 aliphatic carbocycles. The number of hydrogen-bond donors (Lipinski definition) is 1. The zero-order valence-corrected chi connectivity index (χ0v) is 12.4. The number of ether oxygens (including phenoxy) is 3. The Balaban J connectivity index is 3.25. The molecule has 0 saturated carbocycles. The zero-order chi connectivity index (χ0) is 15.3. The number of sulfonamides is 1. The van der Waals surface area contributed by atoms with Crippen LogP contribution in [0.1, 0.15) is 6.92 Å². The van der Waals surface area contributed by atoms with Gasteiger partial charge in [-0.1, -0.05) is 0 Å². The van der Waals surface area contributed by atoms with Crippen LogP contribution >= 0.6 is 0 Å². The molecule has 1 aromatic carbocycles. The first kappa shape index (κ1) is 15.9. The van der Waals surface area contributed by atoms with Gasteiger partial charge >= 0.3 is 0 Å². The number of anilines is 1. The Kier molecular flexibility index (Phi) is 5.05. The minimum absolute atomic E-state index is 0.224. The fourth-order valence-corrected chi connectivity index (χ4v) is 2.22. The fraction of sp³-hybridized carbons (Fsp3) is 0.417. The molecular formula is C12H16N2O5S. The maximum Gasteiger partial charge on any atom is 0.248 e. The molecule has 110 valence electrons. The van der Waals surface area contributed by atoms with Crippen molar-refractivity contribution in [3.8, 4) is 23.3 Å². The van der Waals surface area contributed by atoms with Crippen LogP contribution in [0.25, 0.3) is 0 Å². The lowest BCUT2D eigenvalue weighted by molar-refractivity contribution is 0.324. The summed E-state index contributed by atoms with van der Waals surface area (Å²) in [6, 6.07) is 4.56. The summed E-state index contributed by atoms with van der Waals surface area (Å²) in [6.45, 7) is 1.29.